The number of piperidine rings is 1. The lowest BCUT2D eigenvalue weighted by Gasteiger charge is -2.30. The molecule has 2 heterocycles. The van der Waals surface area contributed by atoms with Gasteiger partial charge in [0.15, 0.2) is 6.29 Å². The molecule has 2 unspecified atom stereocenters. The second kappa shape index (κ2) is 6.62. The van der Waals surface area contributed by atoms with Crippen LogP contribution in [0.5, 0.6) is 0 Å². The normalized spacial score (nSPS) is 20.9. The molecule has 1 aliphatic rings. The maximum absolute atomic E-state index is 13.0. The molecule has 2 aromatic rings. The van der Waals surface area contributed by atoms with Gasteiger partial charge < -0.3 is 11.1 Å². The van der Waals surface area contributed by atoms with Crippen LogP contribution in [0.3, 0.4) is 0 Å². The van der Waals surface area contributed by atoms with Crippen LogP contribution in [0.4, 0.5) is 0 Å². The molecule has 3 rings (SSSR count). The highest BCUT2D eigenvalue weighted by molar-refractivity contribution is 6.27. The maximum Gasteiger partial charge on any atom is 0.262 e. The van der Waals surface area contributed by atoms with Crippen molar-refractivity contribution in [2.75, 3.05) is 6.54 Å². The molecule has 1 saturated heterocycles. The first-order valence-electron chi connectivity index (χ1n) is 8.00. The van der Waals surface area contributed by atoms with Gasteiger partial charge in [-0.05, 0) is 31.4 Å². The molecular formula is C17H20N4O3. The fourth-order valence-corrected chi connectivity index (χ4v) is 3.41. The zero-order chi connectivity index (χ0) is 17.3. The third kappa shape index (κ3) is 2.76. The summed E-state index contributed by atoms with van der Waals surface area (Å²) in [6, 6.07) is 4.94. The van der Waals surface area contributed by atoms with E-state index in [1.807, 2.05) is 18.2 Å². The summed E-state index contributed by atoms with van der Waals surface area (Å²) in [5.41, 5.74) is 7.08. The van der Waals surface area contributed by atoms with Gasteiger partial charge in [0.2, 0.25) is 5.78 Å². The number of carbonyl (C=O) groups is 2. The van der Waals surface area contributed by atoms with E-state index in [2.05, 4.69) is 10.3 Å². The highest BCUT2D eigenvalue weighted by Crippen LogP contribution is 2.21. The molecule has 1 fully saturated rings. The van der Waals surface area contributed by atoms with Crippen molar-refractivity contribution in [3.8, 4) is 0 Å². The highest BCUT2D eigenvalue weighted by atomic mass is 16.2. The number of fused-ring (bicyclic) bond motifs is 1. The molecule has 2 atom stereocenters. The second-order valence-electron chi connectivity index (χ2n) is 6.06. The zero-order valence-electron chi connectivity index (χ0n) is 13.5. The lowest BCUT2D eigenvalue weighted by molar-refractivity contribution is -0.131. The van der Waals surface area contributed by atoms with E-state index in [4.69, 9.17) is 5.73 Å². The molecule has 24 heavy (non-hydrogen) atoms. The van der Waals surface area contributed by atoms with Gasteiger partial charge in [-0.2, -0.15) is 0 Å². The summed E-state index contributed by atoms with van der Waals surface area (Å²) in [5.74, 6) is 0.188. The number of nitrogens with zero attached hydrogens (tertiary/aromatic N) is 2. The summed E-state index contributed by atoms with van der Waals surface area (Å²) in [4.78, 5) is 39.7. The summed E-state index contributed by atoms with van der Waals surface area (Å²) in [5, 5.41) is 3.61. The minimum Gasteiger partial charge on any atom is -0.326 e. The Kier molecular flexibility index (Phi) is 4.55. The van der Waals surface area contributed by atoms with Crippen LogP contribution in [0.25, 0.3) is 10.9 Å². The fraction of sp³-hybridized carbons (Fsp3) is 0.412. The van der Waals surface area contributed by atoms with Gasteiger partial charge >= 0.3 is 0 Å². The van der Waals surface area contributed by atoms with Gasteiger partial charge in [0, 0.05) is 13.1 Å². The van der Waals surface area contributed by atoms with Crippen molar-refractivity contribution in [1.29, 1.82) is 0 Å². The number of hydrogen-bond donors (Lipinski definition) is 2. The Bertz CT molecular complexity index is 851. The van der Waals surface area contributed by atoms with Crippen molar-refractivity contribution in [3.05, 3.63) is 39.9 Å². The lowest BCUT2D eigenvalue weighted by atomic mass is 9.97. The Morgan fingerprint density at radius 2 is 2.25 bits per heavy atom. The predicted molar refractivity (Wildman–Crippen MR) is 89.8 cm³/mol. The van der Waals surface area contributed by atoms with E-state index < -0.39 is 11.8 Å². The maximum atomic E-state index is 13.0. The average Bonchev–Trinajstić information content (AvgIpc) is 2.60. The molecule has 0 spiro atoms. The monoisotopic (exact) mass is 328 g/mol. The lowest BCUT2D eigenvalue weighted by Crippen LogP contribution is -2.47. The number of nitrogens with two attached hydrogens (primary N) is 1. The first-order chi connectivity index (χ1) is 11.6. The van der Waals surface area contributed by atoms with Crippen LogP contribution >= 0.6 is 0 Å². The number of rotatable bonds is 4. The predicted octanol–water partition coefficient (Wildman–Crippen LogP) is 0.225. The van der Waals surface area contributed by atoms with Crippen molar-refractivity contribution in [2.24, 2.45) is 5.73 Å². The second-order valence-corrected chi connectivity index (χ2v) is 6.06. The van der Waals surface area contributed by atoms with Crippen LogP contribution in [0.2, 0.25) is 0 Å². The third-order valence-corrected chi connectivity index (χ3v) is 4.63. The number of Topliss-reactive ketones (excluding diaryl/α,β-unsaturated/α-hetero) is 1. The van der Waals surface area contributed by atoms with Crippen LogP contribution in [-0.2, 0) is 16.1 Å². The molecule has 0 amide bonds. The molecule has 7 heteroatoms. The molecule has 3 N–H and O–H groups in total. The standard InChI is InChI=1S/C17H20N4O3/c1-10-20-14-4-2-3-11(7-18)16(14)17(24)21(10)12-5-6-13(19-8-12)15(23)9-22/h2-4,9,12-13,19H,5-8,18H2,1H3. The number of benzene rings is 1. The molecule has 0 saturated carbocycles. The van der Waals surface area contributed by atoms with Crippen molar-refractivity contribution >= 4 is 23.0 Å². The Labute approximate surface area is 138 Å². The van der Waals surface area contributed by atoms with Crippen molar-refractivity contribution in [2.45, 2.75) is 38.4 Å². The summed E-state index contributed by atoms with van der Waals surface area (Å²) in [7, 11) is 0. The van der Waals surface area contributed by atoms with Gasteiger partial charge in [0.05, 0.1) is 23.0 Å². The molecular weight excluding hydrogens is 308 g/mol. The molecule has 1 aromatic heterocycles. The SMILES string of the molecule is Cc1nc2cccc(CN)c2c(=O)n1C1CCC(C(=O)C=O)NC1. The molecule has 0 bridgehead atoms. The van der Waals surface area contributed by atoms with Gasteiger partial charge in [-0.1, -0.05) is 12.1 Å². The van der Waals surface area contributed by atoms with E-state index in [-0.39, 0.29) is 18.1 Å². The Morgan fingerprint density at radius 1 is 1.46 bits per heavy atom. The Morgan fingerprint density at radius 3 is 2.88 bits per heavy atom. The van der Waals surface area contributed by atoms with Crippen LogP contribution in [0.1, 0.15) is 30.3 Å². The number of hydrogen-bond acceptors (Lipinski definition) is 6. The van der Waals surface area contributed by atoms with Gasteiger partial charge in [-0.3, -0.25) is 19.0 Å². The molecule has 0 aliphatic carbocycles. The summed E-state index contributed by atoms with van der Waals surface area (Å²) < 4.78 is 1.68. The number of carbonyl (C=O) groups excluding carboxylic acids is 2. The molecule has 1 aliphatic heterocycles. The quantitative estimate of drug-likeness (QED) is 0.614. The van der Waals surface area contributed by atoms with E-state index in [1.54, 1.807) is 11.5 Å². The van der Waals surface area contributed by atoms with Crippen molar-refractivity contribution in [3.63, 3.8) is 0 Å². The number of nitrogens with one attached hydrogen (secondary N) is 1. The van der Waals surface area contributed by atoms with E-state index in [0.717, 1.165) is 5.56 Å². The summed E-state index contributed by atoms with van der Waals surface area (Å²) >= 11 is 0. The number of aromatic nitrogens is 2. The van der Waals surface area contributed by atoms with E-state index >= 15 is 0 Å². The number of aryl methyl sites for hydroxylation is 1. The third-order valence-electron chi connectivity index (χ3n) is 4.63. The largest absolute Gasteiger partial charge is 0.326 e. The van der Waals surface area contributed by atoms with Gasteiger partial charge in [-0.15, -0.1) is 0 Å². The fourth-order valence-electron chi connectivity index (χ4n) is 3.41. The Hall–Kier alpha value is -2.38. The molecule has 7 nitrogen and oxygen atoms in total. The van der Waals surface area contributed by atoms with Crippen LogP contribution < -0.4 is 16.6 Å². The van der Waals surface area contributed by atoms with E-state index in [0.29, 0.717) is 42.4 Å². The highest BCUT2D eigenvalue weighted by Gasteiger charge is 2.28. The smallest absolute Gasteiger partial charge is 0.262 e. The van der Waals surface area contributed by atoms with Gasteiger partial charge in [0.25, 0.3) is 5.56 Å². The van der Waals surface area contributed by atoms with Crippen molar-refractivity contribution < 1.29 is 9.59 Å². The van der Waals surface area contributed by atoms with Crippen molar-refractivity contribution in [1.82, 2.24) is 14.9 Å². The average molecular weight is 328 g/mol. The van der Waals surface area contributed by atoms with Gasteiger partial charge in [0.1, 0.15) is 5.82 Å². The minimum atomic E-state index is -0.456. The minimum absolute atomic E-state index is 0.101. The van der Waals surface area contributed by atoms with Crippen LogP contribution in [-0.4, -0.2) is 34.2 Å². The first-order valence-corrected chi connectivity index (χ1v) is 8.00. The first kappa shape index (κ1) is 16.5. The molecule has 1 aromatic carbocycles. The summed E-state index contributed by atoms with van der Waals surface area (Å²) in [6.07, 6.45) is 1.50. The molecule has 0 radical (unpaired) electrons. The number of ketones is 1. The van der Waals surface area contributed by atoms with Gasteiger partial charge in [-0.25, -0.2) is 4.98 Å². The van der Waals surface area contributed by atoms with Crippen LogP contribution in [0.15, 0.2) is 23.0 Å². The summed E-state index contributed by atoms with van der Waals surface area (Å²) in [6.45, 7) is 2.53. The number of aldehydes is 1. The van der Waals surface area contributed by atoms with Crippen LogP contribution in [0, 0.1) is 6.92 Å². The van der Waals surface area contributed by atoms with E-state index in [1.165, 1.54) is 0 Å². The molecule has 126 valence electrons. The zero-order valence-corrected chi connectivity index (χ0v) is 13.5. The van der Waals surface area contributed by atoms with E-state index in [9.17, 15) is 14.4 Å². The Balaban J connectivity index is 2.00. The topological polar surface area (TPSA) is 107 Å².